The SMILES string of the molecule is CC/C=C\C/C=C\C/C=C\C/C=C\C/C=C\C/C=C\CCCCC(=O)OC(COC(=O)CCCCCCC/C=C\C/C=C\C/C=C\CC)COC(=O)CCCCCCCCCCCCCCCCC/C=C\C/C=C\CCCCCCC. The number of unbranched alkanes of at least 4 members (excludes halogenated alkanes) is 27. The van der Waals surface area contributed by atoms with Crippen LogP contribution in [0.25, 0.3) is 0 Å². The number of carbonyl (C=O) groups is 3. The van der Waals surface area contributed by atoms with E-state index in [-0.39, 0.29) is 37.5 Å². The first-order valence-corrected chi connectivity index (χ1v) is 33.7. The summed E-state index contributed by atoms with van der Waals surface area (Å²) in [5, 5.41) is 0. The Morgan fingerprint density at radius 3 is 0.778 bits per heavy atom. The maximum atomic E-state index is 12.9. The second-order valence-electron chi connectivity index (χ2n) is 22.0. The van der Waals surface area contributed by atoms with Crippen molar-refractivity contribution in [2.75, 3.05) is 13.2 Å². The van der Waals surface area contributed by atoms with Crippen LogP contribution in [0.5, 0.6) is 0 Å². The molecule has 0 saturated carbocycles. The highest BCUT2D eigenvalue weighted by atomic mass is 16.6. The smallest absolute Gasteiger partial charge is 0.306 e. The summed E-state index contributed by atoms with van der Waals surface area (Å²) in [5.41, 5.74) is 0. The fourth-order valence-electron chi connectivity index (χ4n) is 9.14. The predicted molar refractivity (Wildman–Crippen MR) is 353 cm³/mol. The van der Waals surface area contributed by atoms with Gasteiger partial charge in [-0.15, -0.1) is 0 Å². The fourth-order valence-corrected chi connectivity index (χ4v) is 9.14. The molecule has 0 N–H and O–H groups in total. The van der Waals surface area contributed by atoms with Gasteiger partial charge in [0.05, 0.1) is 0 Å². The van der Waals surface area contributed by atoms with Gasteiger partial charge in [-0.25, -0.2) is 0 Å². The Labute approximate surface area is 500 Å². The molecule has 6 heteroatoms. The Morgan fingerprint density at radius 2 is 0.481 bits per heavy atom. The van der Waals surface area contributed by atoms with E-state index in [0.717, 1.165) is 135 Å². The minimum absolute atomic E-state index is 0.104. The standard InChI is InChI=1S/C75H124O6/c1-4-7-10-13-16-19-22-25-28-30-32-34-35-36-37-38-39-41-42-44-47-50-53-56-59-62-65-68-74(77)80-71-72(70-79-73(76)67-64-61-58-55-52-49-46-27-24-21-18-15-12-9-6-3)81-75(78)69-66-63-60-57-54-51-48-45-43-40-33-31-29-26-23-20-17-14-11-8-5-2/h8-9,11-12,17-18,20-22,25-27,29-30,32-33,40,45-46,48,54,57,72H,4-7,10,13-16,19,23-24,28,31,34-39,41-44,47,49-53,55-56,58-71H2,1-3H3/b11-8-,12-9-,20-17-,21-18-,25-22-,29-26-,32-30-,40-33-,46-27-,48-45-,57-54-. The molecular formula is C75H124O6. The van der Waals surface area contributed by atoms with Crippen molar-refractivity contribution in [3.05, 3.63) is 134 Å². The molecule has 0 radical (unpaired) electrons. The van der Waals surface area contributed by atoms with Crippen molar-refractivity contribution >= 4 is 17.9 Å². The van der Waals surface area contributed by atoms with Crippen molar-refractivity contribution < 1.29 is 28.6 Å². The summed E-state index contributed by atoms with van der Waals surface area (Å²) in [4.78, 5) is 38.4. The Hall–Kier alpha value is -4.45. The van der Waals surface area contributed by atoms with Crippen molar-refractivity contribution in [1.29, 1.82) is 0 Å². The third-order valence-electron chi connectivity index (χ3n) is 14.1. The van der Waals surface area contributed by atoms with Crippen molar-refractivity contribution in [3.8, 4) is 0 Å². The van der Waals surface area contributed by atoms with E-state index in [0.29, 0.717) is 19.3 Å². The van der Waals surface area contributed by atoms with Crippen LogP contribution >= 0.6 is 0 Å². The minimum atomic E-state index is -0.815. The highest BCUT2D eigenvalue weighted by Gasteiger charge is 2.19. The lowest BCUT2D eigenvalue weighted by Crippen LogP contribution is -2.30. The zero-order valence-electron chi connectivity index (χ0n) is 52.8. The van der Waals surface area contributed by atoms with Gasteiger partial charge in [-0.3, -0.25) is 14.4 Å². The fraction of sp³-hybridized carbons (Fsp3) is 0.667. The molecule has 0 aliphatic carbocycles. The second-order valence-corrected chi connectivity index (χ2v) is 22.0. The van der Waals surface area contributed by atoms with Gasteiger partial charge in [-0.1, -0.05) is 283 Å². The molecule has 1 atom stereocenters. The summed E-state index contributed by atoms with van der Waals surface area (Å²) in [7, 11) is 0. The molecule has 1 unspecified atom stereocenters. The van der Waals surface area contributed by atoms with Gasteiger partial charge in [0.2, 0.25) is 0 Å². The van der Waals surface area contributed by atoms with Gasteiger partial charge < -0.3 is 14.2 Å². The number of hydrogen-bond donors (Lipinski definition) is 0. The van der Waals surface area contributed by atoms with E-state index in [1.165, 1.54) is 122 Å². The molecule has 0 heterocycles. The second kappa shape index (κ2) is 68.1. The lowest BCUT2D eigenvalue weighted by atomic mass is 10.0. The Morgan fingerprint density at radius 1 is 0.259 bits per heavy atom. The molecule has 460 valence electrons. The summed E-state index contributed by atoms with van der Waals surface area (Å²) in [6.45, 7) is 6.37. The van der Waals surface area contributed by atoms with E-state index in [1.54, 1.807) is 0 Å². The summed E-state index contributed by atoms with van der Waals surface area (Å²) >= 11 is 0. The molecule has 0 aromatic carbocycles. The molecule has 0 saturated heterocycles. The van der Waals surface area contributed by atoms with Crippen LogP contribution in [0.2, 0.25) is 0 Å². The summed E-state index contributed by atoms with van der Waals surface area (Å²) in [6.07, 6.45) is 96.1. The topological polar surface area (TPSA) is 78.9 Å². The van der Waals surface area contributed by atoms with E-state index in [2.05, 4.69) is 154 Å². The zero-order valence-corrected chi connectivity index (χ0v) is 52.8. The zero-order chi connectivity index (χ0) is 58.5. The first-order valence-electron chi connectivity index (χ1n) is 33.7. The predicted octanol–water partition coefficient (Wildman–Crippen LogP) is 23.3. The number of ether oxygens (including phenoxy) is 3. The highest BCUT2D eigenvalue weighted by Crippen LogP contribution is 2.16. The van der Waals surface area contributed by atoms with Crippen LogP contribution in [-0.2, 0) is 28.6 Å². The van der Waals surface area contributed by atoms with Crippen molar-refractivity contribution in [3.63, 3.8) is 0 Å². The molecule has 81 heavy (non-hydrogen) atoms. The van der Waals surface area contributed by atoms with Crippen molar-refractivity contribution in [1.82, 2.24) is 0 Å². The first-order chi connectivity index (χ1) is 40.0. The molecule has 0 aromatic heterocycles. The quantitative estimate of drug-likeness (QED) is 0.0261. The third-order valence-corrected chi connectivity index (χ3v) is 14.1. The van der Waals surface area contributed by atoms with Gasteiger partial charge in [-0.05, 0) is 135 Å². The lowest BCUT2D eigenvalue weighted by molar-refractivity contribution is -0.167. The molecule has 0 aliphatic rings. The first kappa shape index (κ1) is 76.5. The lowest BCUT2D eigenvalue weighted by Gasteiger charge is -2.18. The molecule has 0 spiro atoms. The average Bonchev–Trinajstić information content (AvgIpc) is 3.47. The van der Waals surface area contributed by atoms with Crippen molar-refractivity contribution in [2.24, 2.45) is 0 Å². The molecule has 0 aliphatic heterocycles. The summed E-state index contributed by atoms with van der Waals surface area (Å²) in [6, 6.07) is 0. The molecular weight excluding hydrogens is 997 g/mol. The van der Waals surface area contributed by atoms with E-state index in [4.69, 9.17) is 14.2 Å². The van der Waals surface area contributed by atoms with Crippen LogP contribution in [0.15, 0.2) is 134 Å². The molecule has 0 rings (SSSR count). The van der Waals surface area contributed by atoms with Gasteiger partial charge >= 0.3 is 17.9 Å². The van der Waals surface area contributed by atoms with E-state index < -0.39 is 6.10 Å². The maximum Gasteiger partial charge on any atom is 0.306 e. The number of allylic oxidation sites excluding steroid dienone is 22. The van der Waals surface area contributed by atoms with E-state index in [9.17, 15) is 14.4 Å². The van der Waals surface area contributed by atoms with Gasteiger partial charge in [0.1, 0.15) is 13.2 Å². The monoisotopic (exact) mass is 1120 g/mol. The van der Waals surface area contributed by atoms with Crippen LogP contribution in [-0.4, -0.2) is 37.2 Å². The maximum absolute atomic E-state index is 12.9. The Kier molecular flexibility index (Phi) is 64.3. The van der Waals surface area contributed by atoms with E-state index >= 15 is 0 Å². The molecule has 0 amide bonds. The molecule has 6 nitrogen and oxygen atoms in total. The van der Waals surface area contributed by atoms with Gasteiger partial charge in [0.25, 0.3) is 0 Å². The van der Waals surface area contributed by atoms with Crippen molar-refractivity contribution in [2.45, 2.75) is 309 Å². The number of hydrogen-bond acceptors (Lipinski definition) is 6. The van der Waals surface area contributed by atoms with Crippen LogP contribution < -0.4 is 0 Å². The number of esters is 3. The van der Waals surface area contributed by atoms with Gasteiger partial charge in [-0.2, -0.15) is 0 Å². The Bertz CT molecular complexity index is 1720. The number of carbonyl (C=O) groups excluding carboxylic acids is 3. The van der Waals surface area contributed by atoms with Crippen LogP contribution in [0.4, 0.5) is 0 Å². The third kappa shape index (κ3) is 66.2. The number of rotatable bonds is 60. The summed E-state index contributed by atoms with van der Waals surface area (Å²) < 4.78 is 16.9. The van der Waals surface area contributed by atoms with E-state index in [1.807, 2.05) is 0 Å². The van der Waals surface area contributed by atoms with Crippen LogP contribution in [0, 0.1) is 0 Å². The Balaban J connectivity index is 4.40. The minimum Gasteiger partial charge on any atom is -0.462 e. The molecule has 0 aromatic rings. The summed E-state index contributed by atoms with van der Waals surface area (Å²) in [5.74, 6) is -0.961. The van der Waals surface area contributed by atoms with Crippen LogP contribution in [0.3, 0.4) is 0 Å². The average molecular weight is 1120 g/mol. The largest absolute Gasteiger partial charge is 0.462 e. The molecule has 0 fully saturated rings. The molecule has 0 bridgehead atoms. The van der Waals surface area contributed by atoms with Gasteiger partial charge in [0, 0.05) is 19.3 Å². The highest BCUT2D eigenvalue weighted by molar-refractivity contribution is 5.71. The van der Waals surface area contributed by atoms with Gasteiger partial charge in [0.15, 0.2) is 6.10 Å². The normalized spacial score (nSPS) is 13.0. The van der Waals surface area contributed by atoms with Crippen LogP contribution in [0.1, 0.15) is 303 Å².